The standard InChI is InChI=1S/C15H21F3O2/c1-10(2)7-8-14(19,15(16,17)18)12-9-11(3)5-6-13(12)20-4/h5-6,9-10,19H,7-8H2,1-4H3. The summed E-state index contributed by atoms with van der Waals surface area (Å²) >= 11 is 0. The van der Waals surface area contributed by atoms with E-state index in [1.807, 2.05) is 13.8 Å². The number of ether oxygens (including phenoxy) is 1. The van der Waals surface area contributed by atoms with Crippen LogP contribution in [0.4, 0.5) is 13.2 Å². The first-order chi connectivity index (χ1) is 9.11. The van der Waals surface area contributed by atoms with Crippen molar-refractivity contribution in [2.24, 2.45) is 5.92 Å². The van der Waals surface area contributed by atoms with E-state index in [9.17, 15) is 18.3 Å². The minimum Gasteiger partial charge on any atom is -0.496 e. The summed E-state index contributed by atoms with van der Waals surface area (Å²) in [7, 11) is 1.30. The van der Waals surface area contributed by atoms with Crippen LogP contribution in [-0.4, -0.2) is 18.4 Å². The van der Waals surface area contributed by atoms with Crippen molar-refractivity contribution < 1.29 is 23.0 Å². The molecule has 1 aromatic carbocycles. The van der Waals surface area contributed by atoms with Crippen LogP contribution in [0.25, 0.3) is 0 Å². The highest BCUT2D eigenvalue weighted by atomic mass is 19.4. The number of alkyl halides is 3. The van der Waals surface area contributed by atoms with Crippen LogP contribution in [0.15, 0.2) is 18.2 Å². The van der Waals surface area contributed by atoms with Crippen LogP contribution < -0.4 is 4.74 Å². The van der Waals surface area contributed by atoms with E-state index in [1.165, 1.54) is 19.2 Å². The van der Waals surface area contributed by atoms with Gasteiger partial charge in [0.05, 0.1) is 7.11 Å². The maximum Gasteiger partial charge on any atom is 0.421 e. The zero-order valence-corrected chi connectivity index (χ0v) is 12.2. The van der Waals surface area contributed by atoms with E-state index >= 15 is 0 Å². The summed E-state index contributed by atoms with van der Waals surface area (Å²) < 4.78 is 45.1. The second-order valence-electron chi connectivity index (χ2n) is 5.49. The minimum absolute atomic E-state index is 0.0548. The lowest BCUT2D eigenvalue weighted by Gasteiger charge is -2.33. The number of rotatable bonds is 5. The minimum atomic E-state index is -4.75. The van der Waals surface area contributed by atoms with Crippen LogP contribution in [0.1, 0.15) is 37.8 Å². The van der Waals surface area contributed by atoms with Gasteiger partial charge in [0.15, 0.2) is 5.60 Å². The molecule has 0 aliphatic heterocycles. The molecule has 1 aromatic rings. The van der Waals surface area contributed by atoms with Gasteiger partial charge in [0.2, 0.25) is 0 Å². The molecule has 2 nitrogen and oxygen atoms in total. The number of aliphatic hydroxyl groups is 1. The van der Waals surface area contributed by atoms with Gasteiger partial charge in [-0.1, -0.05) is 25.5 Å². The number of aryl methyl sites for hydroxylation is 1. The lowest BCUT2D eigenvalue weighted by Crippen LogP contribution is -2.42. The molecule has 0 aliphatic carbocycles. The summed E-state index contributed by atoms with van der Waals surface area (Å²) in [4.78, 5) is 0. The molecule has 0 amide bonds. The van der Waals surface area contributed by atoms with E-state index in [1.54, 1.807) is 13.0 Å². The first-order valence-electron chi connectivity index (χ1n) is 6.56. The highest BCUT2D eigenvalue weighted by molar-refractivity contribution is 5.42. The van der Waals surface area contributed by atoms with E-state index in [-0.39, 0.29) is 30.1 Å². The fraction of sp³-hybridized carbons (Fsp3) is 0.600. The molecule has 1 N–H and O–H groups in total. The van der Waals surface area contributed by atoms with E-state index in [4.69, 9.17) is 4.74 Å². The summed E-state index contributed by atoms with van der Waals surface area (Å²) in [5, 5.41) is 10.3. The SMILES string of the molecule is COc1ccc(C)cc1C(O)(CCC(C)C)C(F)(F)F. The van der Waals surface area contributed by atoms with Gasteiger partial charge in [-0.05, 0) is 37.8 Å². The average Bonchev–Trinajstić information content (AvgIpc) is 2.34. The number of hydrogen-bond donors (Lipinski definition) is 1. The number of halogens is 3. The van der Waals surface area contributed by atoms with Gasteiger partial charge in [0, 0.05) is 5.56 Å². The molecule has 1 atom stereocenters. The monoisotopic (exact) mass is 290 g/mol. The molecule has 0 fully saturated rings. The fourth-order valence-corrected chi connectivity index (χ4v) is 2.07. The Morgan fingerprint density at radius 1 is 1.25 bits per heavy atom. The molecule has 0 heterocycles. The van der Waals surface area contributed by atoms with Gasteiger partial charge in [-0.25, -0.2) is 0 Å². The molecular formula is C15H21F3O2. The third-order valence-corrected chi connectivity index (χ3v) is 3.35. The van der Waals surface area contributed by atoms with Crippen molar-refractivity contribution in [1.29, 1.82) is 0 Å². The predicted molar refractivity (Wildman–Crippen MR) is 71.8 cm³/mol. The third-order valence-electron chi connectivity index (χ3n) is 3.35. The first-order valence-corrected chi connectivity index (χ1v) is 6.56. The molecule has 0 bridgehead atoms. The van der Waals surface area contributed by atoms with Gasteiger partial charge in [-0.15, -0.1) is 0 Å². The first kappa shape index (κ1) is 16.8. The zero-order chi connectivity index (χ0) is 15.6. The second-order valence-corrected chi connectivity index (χ2v) is 5.49. The molecule has 0 aliphatic rings. The normalized spacial score (nSPS) is 15.2. The van der Waals surface area contributed by atoms with E-state index in [0.717, 1.165) is 0 Å². The van der Waals surface area contributed by atoms with Crippen molar-refractivity contribution in [2.75, 3.05) is 7.11 Å². The highest BCUT2D eigenvalue weighted by Gasteiger charge is 2.55. The van der Waals surface area contributed by atoms with Gasteiger partial charge >= 0.3 is 6.18 Å². The molecule has 0 aromatic heterocycles. The highest BCUT2D eigenvalue weighted by Crippen LogP contribution is 2.46. The summed E-state index contributed by atoms with van der Waals surface area (Å²) in [6.45, 7) is 5.33. The topological polar surface area (TPSA) is 29.5 Å². The Bertz CT molecular complexity index is 455. The van der Waals surface area contributed by atoms with Crippen LogP contribution in [0, 0.1) is 12.8 Å². The van der Waals surface area contributed by atoms with Crippen LogP contribution in [0.5, 0.6) is 5.75 Å². The van der Waals surface area contributed by atoms with Crippen molar-refractivity contribution in [2.45, 2.75) is 45.4 Å². The Kier molecular flexibility index (Phi) is 5.08. The predicted octanol–water partition coefficient (Wildman–Crippen LogP) is 4.19. The van der Waals surface area contributed by atoms with Gasteiger partial charge in [-0.3, -0.25) is 0 Å². The lowest BCUT2D eigenvalue weighted by atomic mass is 9.85. The average molecular weight is 290 g/mol. The molecule has 0 saturated carbocycles. The van der Waals surface area contributed by atoms with E-state index < -0.39 is 11.8 Å². The Hall–Kier alpha value is -1.23. The molecule has 1 rings (SSSR count). The van der Waals surface area contributed by atoms with Crippen LogP contribution >= 0.6 is 0 Å². The Balaban J connectivity index is 3.34. The van der Waals surface area contributed by atoms with Gasteiger partial charge in [-0.2, -0.15) is 13.2 Å². The number of methoxy groups -OCH3 is 1. The molecule has 0 radical (unpaired) electrons. The second kappa shape index (κ2) is 6.04. The fourth-order valence-electron chi connectivity index (χ4n) is 2.07. The largest absolute Gasteiger partial charge is 0.496 e. The van der Waals surface area contributed by atoms with Crippen molar-refractivity contribution in [3.05, 3.63) is 29.3 Å². The van der Waals surface area contributed by atoms with Gasteiger partial charge in [0.25, 0.3) is 0 Å². The summed E-state index contributed by atoms with van der Waals surface area (Å²) in [5.74, 6) is 0.124. The molecular weight excluding hydrogens is 269 g/mol. The van der Waals surface area contributed by atoms with Crippen LogP contribution in [0.2, 0.25) is 0 Å². The van der Waals surface area contributed by atoms with Crippen molar-refractivity contribution in [1.82, 2.24) is 0 Å². The number of hydrogen-bond acceptors (Lipinski definition) is 2. The maximum atomic E-state index is 13.4. The Morgan fingerprint density at radius 3 is 2.30 bits per heavy atom. The van der Waals surface area contributed by atoms with Crippen molar-refractivity contribution >= 4 is 0 Å². The smallest absolute Gasteiger partial charge is 0.421 e. The van der Waals surface area contributed by atoms with E-state index in [2.05, 4.69) is 0 Å². The van der Waals surface area contributed by atoms with Crippen molar-refractivity contribution in [3.63, 3.8) is 0 Å². The molecule has 5 heteroatoms. The zero-order valence-electron chi connectivity index (χ0n) is 12.2. The molecule has 0 spiro atoms. The number of benzene rings is 1. The summed E-state index contributed by atoms with van der Waals surface area (Å²) in [5.41, 5.74) is -2.45. The Labute approximate surface area is 117 Å². The summed E-state index contributed by atoms with van der Waals surface area (Å²) in [6, 6.07) is 4.45. The van der Waals surface area contributed by atoms with E-state index in [0.29, 0.717) is 5.56 Å². The van der Waals surface area contributed by atoms with Gasteiger partial charge in [0.1, 0.15) is 5.75 Å². The molecule has 20 heavy (non-hydrogen) atoms. The third kappa shape index (κ3) is 3.45. The quantitative estimate of drug-likeness (QED) is 0.881. The molecule has 1 unspecified atom stereocenters. The van der Waals surface area contributed by atoms with Crippen LogP contribution in [-0.2, 0) is 5.60 Å². The van der Waals surface area contributed by atoms with Gasteiger partial charge < -0.3 is 9.84 Å². The Morgan fingerprint density at radius 2 is 1.85 bits per heavy atom. The van der Waals surface area contributed by atoms with Crippen LogP contribution in [0.3, 0.4) is 0 Å². The molecule has 114 valence electrons. The molecule has 0 saturated heterocycles. The summed E-state index contributed by atoms with van der Waals surface area (Å²) in [6.07, 6.45) is -4.86. The maximum absolute atomic E-state index is 13.4. The lowest BCUT2D eigenvalue weighted by molar-refractivity contribution is -0.270. The van der Waals surface area contributed by atoms with Crippen molar-refractivity contribution in [3.8, 4) is 5.75 Å².